The van der Waals surface area contributed by atoms with E-state index in [9.17, 15) is 0 Å². The summed E-state index contributed by atoms with van der Waals surface area (Å²) < 4.78 is 0. The van der Waals surface area contributed by atoms with E-state index in [2.05, 4.69) is 54.6 Å². The van der Waals surface area contributed by atoms with Crippen LogP contribution in [0, 0.1) is 5.92 Å². The molecule has 0 amide bonds. The van der Waals surface area contributed by atoms with Crippen LogP contribution < -0.4 is 0 Å². The molecule has 91 valence electrons. The molecule has 0 bridgehead atoms. The summed E-state index contributed by atoms with van der Waals surface area (Å²) in [7, 11) is 0. The van der Waals surface area contributed by atoms with Gasteiger partial charge in [0.25, 0.3) is 0 Å². The van der Waals surface area contributed by atoms with Gasteiger partial charge in [-0.15, -0.1) is 0 Å². The summed E-state index contributed by atoms with van der Waals surface area (Å²) >= 11 is 0. The molecule has 0 unspecified atom stereocenters. The molecule has 1 aliphatic carbocycles. The molecule has 1 radical (unpaired) electrons. The first-order valence-electron chi connectivity index (χ1n) is 6.95. The number of benzene rings is 2. The second-order valence-electron chi connectivity index (χ2n) is 5.08. The van der Waals surface area contributed by atoms with Crippen molar-refractivity contribution in [2.24, 2.45) is 0 Å². The maximum absolute atomic E-state index is 2.29. The van der Waals surface area contributed by atoms with E-state index in [4.69, 9.17) is 0 Å². The van der Waals surface area contributed by atoms with E-state index in [0.29, 0.717) is 0 Å². The Morgan fingerprint density at radius 2 is 1.17 bits per heavy atom. The summed E-state index contributed by atoms with van der Waals surface area (Å²) in [6.07, 6.45) is 6.68. The van der Waals surface area contributed by atoms with E-state index in [-0.39, 0.29) is 0 Å². The third-order valence-electron chi connectivity index (χ3n) is 3.85. The lowest BCUT2D eigenvalue weighted by Gasteiger charge is -2.23. The van der Waals surface area contributed by atoms with Crippen LogP contribution in [0.2, 0.25) is 0 Å². The molecule has 0 N–H and O–H groups in total. The standard InChI is InChI=1S/C18H19/c1-3-9-15(10-4-1)17-13-7-8-14-18(17)16-11-5-2-6-12-16/h1,3-4,7-10,13-14H,2,5-6,11-12H2. The van der Waals surface area contributed by atoms with Gasteiger partial charge in [0.1, 0.15) is 0 Å². The molecule has 0 heteroatoms. The zero-order chi connectivity index (χ0) is 12.2. The monoisotopic (exact) mass is 235 g/mol. The van der Waals surface area contributed by atoms with Crippen molar-refractivity contribution >= 4 is 0 Å². The van der Waals surface area contributed by atoms with Gasteiger partial charge >= 0.3 is 0 Å². The Labute approximate surface area is 110 Å². The Morgan fingerprint density at radius 3 is 1.89 bits per heavy atom. The first-order chi connectivity index (χ1) is 8.95. The van der Waals surface area contributed by atoms with Crippen LogP contribution in [-0.2, 0) is 0 Å². The van der Waals surface area contributed by atoms with Crippen molar-refractivity contribution < 1.29 is 0 Å². The number of hydrogen-bond donors (Lipinski definition) is 0. The Kier molecular flexibility index (Phi) is 3.45. The van der Waals surface area contributed by atoms with Crippen molar-refractivity contribution in [3.8, 4) is 11.1 Å². The Hall–Kier alpha value is -1.56. The molecule has 0 aliphatic heterocycles. The molecule has 3 rings (SSSR count). The van der Waals surface area contributed by atoms with Crippen LogP contribution in [0.1, 0.15) is 37.7 Å². The lowest BCUT2D eigenvalue weighted by molar-refractivity contribution is 0.551. The van der Waals surface area contributed by atoms with E-state index >= 15 is 0 Å². The van der Waals surface area contributed by atoms with Gasteiger partial charge in [0.05, 0.1) is 0 Å². The zero-order valence-corrected chi connectivity index (χ0v) is 10.7. The fourth-order valence-electron chi connectivity index (χ4n) is 2.91. The minimum atomic E-state index is 1.28. The van der Waals surface area contributed by atoms with E-state index in [1.807, 2.05) is 0 Å². The smallest absolute Gasteiger partial charge is 0.00561 e. The SMILES string of the molecule is c1ccc(-c2ccccc2[C]2CCCCC2)cc1. The van der Waals surface area contributed by atoms with Crippen LogP contribution in [0.3, 0.4) is 0 Å². The highest BCUT2D eigenvalue weighted by Crippen LogP contribution is 2.37. The lowest BCUT2D eigenvalue weighted by atomic mass is 9.81. The second-order valence-corrected chi connectivity index (χ2v) is 5.08. The van der Waals surface area contributed by atoms with Crippen LogP contribution in [0.15, 0.2) is 54.6 Å². The predicted molar refractivity (Wildman–Crippen MR) is 77.3 cm³/mol. The van der Waals surface area contributed by atoms with Crippen LogP contribution in [0.5, 0.6) is 0 Å². The first kappa shape index (κ1) is 11.5. The minimum Gasteiger partial charge on any atom is -0.0622 e. The van der Waals surface area contributed by atoms with Crippen LogP contribution in [0.4, 0.5) is 0 Å². The van der Waals surface area contributed by atoms with Gasteiger partial charge in [0.15, 0.2) is 0 Å². The Bertz CT molecular complexity index is 492. The molecule has 0 saturated heterocycles. The molecule has 0 aromatic heterocycles. The topological polar surface area (TPSA) is 0 Å². The van der Waals surface area contributed by atoms with Gasteiger partial charge in [-0.25, -0.2) is 0 Å². The molecular formula is C18H19. The number of rotatable bonds is 2. The first-order valence-corrected chi connectivity index (χ1v) is 6.95. The third-order valence-corrected chi connectivity index (χ3v) is 3.85. The van der Waals surface area contributed by atoms with E-state index in [0.717, 1.165) is 0 Å². The summed E-state index contributed by atoms with van der Waals surface area (Å²) in [5.41, 5.74) is 4.21. The highest BCUT2D eigenvalue weighted by Gasteiger charge is 2.18. The maximum Gasteiger partial charge on any atom is 0.00561 e. The summed E-state index contributed by atoms with van der Waals surface area (Å²) in [6, 6.07) is 19.6. The molecule has 1 fully saturated rings. The molecule has 0 heterocycles. The van der Waals surface area contributed by atoms with Crippen molar-refractivity contribution in [1.82, 2.24) is 0 Å². The molecule has 0 spiro atoms. The highest BCUT2D eigenvalue weighted by molar-refractivity contribution is 5.70. The van der Waals surface area contributed by atoms with Crippen molar-refractivity contribution in [2.75, 3.05) is 0 Å². The largest absolute Gasteiger partial charge is 0.0622 e. The van der Waals surface area contributed by atoms with Crippen LogP contribution in [0.25, 0.3) is 11.1 Å². The predicted octanol–water partition coefficient (Wildman–Crippen LogP) is 5.24. The molecule has 0 atom stereocenters. The minimum absolute atomic E-state index is 1.28. The van der Waals surface area contributed by atoms with Gasteiger partial charge in [-0.05, 0) is 29.5 Å². The van der Waals surface area contributed by atoms with Crippen molar-refractivity contribution in [1.29, 1.82) is 0 Å². The van der Waals surface area contributed by atoms with Crippen molar-refractivity contribution in [3.05, 3.63) is 66.1 Å². The Balaban J connectivity index is 1.99. The molecule has 2 aromatic rings. The molecule has 2 aromatic carbocycles. The molecule has 0 nitrogen and oxygen atoms in total. The zero-order valence-electron chi connectivity index (χ0n) is 10.7. The summed E-state index contributed by atoms with van der Waals surface area (Å²) in [5.74, 6) is 1.65. The summed E-state index contributed by atoms with van der Waals surface area (Å²) in [5, 5.41) is 0. The average molecular weight is 235 g/mol. The third kappa shape index (κ3) is 2.33. The van der Waals surface area contributed by atoms with Crippen LogP contribution >= 0.6 is 0 Å². The van der Waals surface area contributed by atoms with E-state index in [1.165, 1.54) is 48.8 Å². The lowest BCUT2D eigenvalue weighted by Crippen LogP contribution is -2.06. The molecule has 1 saturated carbocycles. The number of hydrogen-bond acceptors (Lipinski definition) is 0. The van der Waals surface area contributed by atoms with Gasteiger partial charge in [-0.2, -0.15) is 0 Å². The fraction of sp³-hybridized carbons (Fsp3) is 0.278. The van der Waals surface area contributed by atoms with Gasteiger partial charge < -0.3 is 0 Å². The maximum atomic E-state index is 2.29. The second kappa shape index (κ2) is 5.39. The fourth-order valence-corrected chi connectivity index (χ4v) is 2.91. The molecule has 18 heavy (non-hydrogen) atoms. The van der Waals surface area contributed by atoms with Gasteiger partial charge in [-0.3, -0.25) is 0 Å². The quantitative estimate of drug-likeness (QED) is 0.667. The Morgan fingerprint density at radius 1 is 0.556 bits per heavy atom. The van der Waals surface area contributed by atoms with Crippen LogP contribution in [-0.4, -0.2) is 0 Å². The summed E-state index contributed by atoms with van der Waals surface area (Å²) in [6.45, 7) is 0. The van der Waals surface area contributed by atoms with Gasteiger partial charge in [0.2, 0.25) is 0 Å². The van der Waals surface area contributed by atoms with Gasteiger partial charge in [-0.1, -0.05) is 73.9 Å². The molecule has 1 aliphatic rings. The average Bonchev–Trinajstić information content (AvgIpc) is 2.49. The van der Waals surface area contributed by atoms with Crippen molar-refractivity contribution in [2.45, 2.75) is 32.1 Å². The van der Waals surface area contributed by atoms with Gasteiger partial charge in [0, 0.05) is 5.92 Å². The van der Waals surface area contributed by atoms with E-state index in [1.54, 1.807) is 5.92 Å². The summed E-state index contributed by atoms with van der Waals surface area (Å²) in [4.78, 5) is 0. The van der Waals surface area contributed by atoms with E-state index < -0.39 is 0 Å². The van der Waals surface area contributed by atoms with Crippen molar-refractivity contribution in [3.63, 3.8) is 0 Å². The molecular weight excluding hydrogens is 216 g/mol. The highest BCUT2D eigenvalue weighted by atomic mass is 14.2. The normalized spacial score (nSPS) is 16.7.